The molecule has 0 atom stereocenters. The monoisotopic (exact) mass is 374 g/mol. The van der Waals surface area contributed by atoms with Gasteiger partial charge < -0.3 is 11.1 Å². The van der Waals surface area contributed by atoms with Crippen molar-refractivity contribution in [2.24, 2.45) is 0 Å². The number of likely N-dealkylation sites (tertiary alicyclic amines) is 1. The minimum absolute atomic E-state index is 0.122. The van der Waals surface area contributed by atoms with Crippen LogP contribution in [0.25, 0.3) is 0 Å². The first-order valence-electron chi connectivity index (χ1n) is 8.52. The van der Waals surface area contributed by atoms with Crippen LogP contribution in [0.4, 0.5) is 17.3 Å². The fraction of sp³-hybridized carbons (Fsp3) is 0.412. The van der Waals surface area contributed by atoms with E-state index in [9.17, 15) is 10.1 Å². The molecule has 0 amide bonds. The summed E-state index contributed by atoms with van der Waals surface area (Å²) in [5, 5.41) is 14.3. The van der Waals surface area contributed by atoms with Crippen LogP contribution in [-0.2, 0) is 18.8 Å². The van der Waals surface area contributed by atoms with Crippen molar-refractivity contribution in [3.05, 3.63) is 51.3 Å². The molecule has 0 spiro atoms. The SMILES string of the molecule is Nc1nc(CS)nc(NCc2cccc(CN3CCCC3)c2)c1[N+](=O)[O-]. The first-order valence-corrected chi connectivity index (χ1v) is 9.15. The van der Waals surface area contributed by atoms with E-state index in [0.717, 1.165) is 25.2 Å². The van der Waals surface area contributed by atoms with Crippen molar-refractivity contribution in [1.29, 1.82) is 0 Å². The van der Waals surface area contributed by atoms with Crippen LogP contribution in [-0.4, -0.2) is 32.9 Å². The lowest BCUT2D eigenvalue weighted by atomic mass is 10.1. The highest BCUT2D eigenvalue weighted by Crippen LogP contribution is 2.28. The molecule has 1 aliphatic heterocycles. The Hall–Kier alpha value is -2.39. The molecule has 3 rings (SSSR count). The molecule has 0 aliphatic carbocycles. The topological polar surface area (TPSA) is 110 Å². The molecule has 0 saturated carbocycles. The van der Waals surface area contributed by atoms with Gasteiger partial charge in [0.1, 0.15) is 5.82 Å². The number of hydrogen-bond acceptors (Lipinski definition) is 8. The largest absolute Gasteiger partial charge is 0.378 e. The number of thiol groups is 1. The van der Waals surface area contributed by atoms with E-state index in [0.29, 0.717) is 12.4 Å². The summed E-state index contributed by atoms with van der Waals surface area (Å²) in [7, 11) is 0. The smallest absolute Gasteiger partial charge is 0.353 e. The summed E-state index contributed by atoms with van der Waals surface area (Å²) in [6.45, 7) is 3.62. The number of nitrogens with one attached hydrogen (secondary N) is 1. The van der Waals surface area contributed by atoms with E-state index in [1.807, 2.05) is 12.1 Å². The van der Waals surface area contributed by atoms with Crippen LogP contribution in [0.3, 0.4) is 0 Å². The minimum atomic E-state index is -0.566. The van der Waals surface area contributed by atoms with Crippen molar-refractivity contribution in [2.75, 3.05) is 24.1 Å². The molecule has 138 valence electrons. The molecule has 0 unspecified atom stereocenters. The van der Waals surface area contributed by atoms with E-state index in [-0.39, 0.29) is 23.1 Å². The molecule has 3 N–H and O–H groups in total. The summed E-state index contributed by atoms with van der Waals surface area (Å²) in [6, 6.07) is 8.20. The molecule has 1 aliphatic rings. The zero-order valence-corrected chi connectivity index (χ0v) is 15.3. The highest BCUT2D eigenvalue weighted by atomic mass is 32.1. The zero-order chi connectivity index (χ0) is 18.5. The average molecular weight is 374 g/mol. The number of aromatic nitrogens is 2. The third-order valence-electron chi connectivity index (χ3n) is 4.34. The lowest BCUT2D eigenvalue weighted by Gasteiger charge is -2.15. The van der Waals surface area contributed by atoms with Gasteiger partial charge in [0.25, 0.3) is 0 Å². The van der Waals surface area contributed by atoms with Gasteiger partial charge in [0.05, 0.1) is 10.7 Å². The van der Waals surface area contributed by atoms with Crippen molar-refractivity contribution in [1.82, 2.24) is 14.9 Å². The Labute approximate surface area is 157 Å². The fourth-order valence-electron chi connectivity index (χ4n) is 3.12. The number of nitrogen functional groups attached to an aromatic ring is 1. The third-order valence-corrected chi connectivity index (χ3v) is 4.62. The Kier molecular flexibility index (Phi) is 5.89. The van der Waals surface area contributed by atoms with Crippen molar-refractivity contribution in [3.63, 3.8) is 0 Å². The first-order chi connectivity index (χ1) is 12.6. The summed E-state index contributed by atoms with van der Waals surface area (Å²) < 4.78 is 0. The number of nitrogens with two attached hydrogens (primary N) is 1. The van der Waals surface area contributed by atoms with Crippen LogP contribution in [0.5, 0.6) is 0 Å². The molecule has 8 nitrogen and oxygen atoms in total. The van der Waals surface area contributed by atoms with Crippen molar-refractivity contribution < 1.29 is 4.92 Å². The normalized spacial score (nSPS) is 14.5. The van der Waals surface area contributed by atoms with Gasteiger partial charge in [-0.1, -0.05) is 24.3 Å². The summed E-state index contributed by atoms with van der Waals surface area (Å²) in [4.78, 5) is 21.2. The molecule has 1 aromatic carbocycles. The van der Waals surface area contributed by atoms with E-state index in [1.165, 1.54) is 18.4 Å². The molecule has 2 heterocycles. The average Bonchev–Trinajstić information content (AvgIpc) is 3.12. The van der Waals surface area contributed by atoms with Crippen LogP contribution >= 0.6 is 12.6 Å². The second-order valence-electron chi connectivity index (χ2n) is 6.29. The van der Waals surface area contributed by atoms with Crippen LogP contribution in [0.1, 0.15) is 29.8 Å². The lowest BCUT2D eigenvalue weighted by molar-refractivity contribution is -0.383. The number of nitro groups is 1. The molecule has 9 heteroatoms. The van der Waals surface area contributed by atoms with E-state index in [4.69, 9.17) is 5.73 Å². The van der Waals surface area contributed by atoms with E-state index in [1.54, 1.807) is 0 Å². The van der Waals surface area contributed by atoms with Gasteiger partial charge in [0.2, 0.25) is 11.6 Å². The second kappa shape index (κ2) is 8.33. The van der Waals surface area contributed by atoms with Crippen LogP contribution in [0.15, 0.2) is 24.3 Å². The molecule has 26 heavy (non-hydrogen) atoms. The van der Waals surface area contributed by atoms with Gasteiger partial charge in [-0.15, -0.1) is 0 Å². The standard InChI is InChI=1S/C17H22N6O2S/c18-16-15(23(24)25)17(21-14(11-26)20-16)19-9-12-4-3-5-13(8-12)10-22-6-1-2-7-22/h3-5,8,26H,1-2,6-7,9-11H2,(H3,18,19,20,21). The maximum atomic E-state index is 11.3. The van der Waals surface area contributed by atoms with E-state index in [2.05, 4.69) is 44.9 Å². The minimum Gasteiger partial charge on any atom is -0.378 e. The number of rotatable bonds is 7. The highest BCUT2D eigenvalue weighted by molar-refractivity contribution is 7.79. The number of nitrogens with zero attached hydrogens (tertiary/aromatic N) is 4. The van der Waals surface area contributed by atoms with Gasteiger partial charge in [0.15, 0.2) is 0 Å². The molecular weight excluding hydrogens is 352 g/mol. The summed E-state index contributed by atoms with van der Waals surface area (Å²) in [5.41, 5.74) is 7.67. The van der Waals surface area contributed by atoms with Crippen LogP contribution in [0, 0.1) is 10.1 Å². The Balaban J connectivity index is 1.74. The van der Waals surface area contributed by atoms with Crippen molar-refractivity contribution >= 4 is 30.0 Å². The Morgan fingerprint density at radius 2 is 2.00 bits per heavy atom. The number of hydrogen-bond donors (Lipinski definition) is 3. The molecule has 0 radical (unpaired) electrons. The number of anilines is 2. The van der Waals surface area contributed by atoms with Gasteiger partial charge in [-0.05, 0) is 37.1 Å². The van der Waals surface area contributed by atoms with E-state index >= 15 is 0 Å². The highest BCUT2D eigenvalue weighted by Gasteiger charge is 2.22. The molecule has 1 fully saturated rings. The van der Waals surface area contributed by atoms with Crippen molar-refractivity contribution in [3.8, 4) is 0 Å². The number of benzene rings is 1. The quantitative estimate of drug-likeness (QED) is 0.388. The molecule has 2 aromatic rings. The van der Waals surface area contributed by atoms with Crippen LogP contribution < -0.4 is 11.1 Å². The summed E-state index contributed by atoms with van der Waals surface area (Å²) in [5.74, 6) is 0.569. The molecular formula is C17H22N6O2S. The van der Waals surface area contributed by atoms with Gasteiger partial charge in [-0.25, -0.2) is 9.97 Å². The summed E-state index contributed by atoms with van der Waals surface area (Å²) in [6.07, 6.45) is 2.51. The maximum Gasteiger partial charge on any atom is 0.353 e. The Morgan fingerprint density at radius 1 is 1.27 bits per heavy atom. The van der Waals surface area contributed by atoms with Gasteiger partial charge in [0, 0.05) is 13.1 Å². The zero-order valence-electron chi connectivity index (χ0n) is 14.4. The fourth-order valence-corrected chi connectivity index (χ4v) is 3.26. The van der Waals surface area contributed by atoms with Gasteiger partial charge in [-0.3, -0.25) is 15.0 Å². The molecule has 1 aromatic heterocycles. The second-order valence-corrected chi connectivity index (χ2v) is 6.61. The predicted molar refractivity (Wildman–Crippen MR) is 104 cm³/mol. The maximum absolute atomic E-state index is 11.3. The first kappa shape index (κ1) is 18.4. The van der Waals surface area contributed by atoms with Gasteiger partial charge >= 0.3 is 5.69 Å². The third kappa shape index (κ3) is 4.41. The van der Waals surface area contributed by atoms with E-state index < -0.39 is 4.92 Å². The van der Waals surface area contributed by atoms with Crippen LogP contribution in [0.2, 0.25) is 0 Å². The van der Waals surface area contributed by atoms with Crippen molar-refractivity contribution in [2.45, 2.75) is 31.7 Å². The lowest BCUT2D eigenvalue weighted by Crippen LogP contribution is -2.18. The summed E-state index contributed by atoms with van der Waals surface area (Å²) >= 11 is 4.11. The Bertz CT molecular complexity index is 795. The molecule has 0 bridgehead atoms. The Morgan fingerprint density at radius 3 is 2.69 bits per heavy atom. The predicted octanol–water partition coefficient (Wildman–Crippen LogP) is 2.60. The molecule has 1 saturated heterocycles. The van der Waals surface area contributed by atoms with Gasteiger partial charge in [-0.2, -0.15) is 12.6 Å².